The average Bonchev–Trinajstić information content (AvgIpc) is 2.62. The minimum absolute atomic E-state index is 0.122. The van der Waals surface area contributed by atoms with Gasteiger partial charge < -0.3 is 16.3 Å². The Kier molecular flexibility index (Phi) is 3.06. The van der Waals surface area contributed by atoms with Crippen LogP contribution in [-0.2, 0) is 16.4 Å². The summed E-state index contributed by atoms with van der Waals surface area (Å²) in [5.74, 6) is -0.134. The first-order valence-corrected chi connectivity index (χ1v) is 7.71. The van der Waals surface area contributed by atoms with Gasteiger partial charge in [-0.25, -0.2) is 8.42 Å². The van der Waals surface area contributed by atoms with Gasteiger partial charge in [-0.2, -0.15) is 0 Å². The maximum absolute atomic E-state index is 12.8. The average molecular weight is 303 g/mol. The summed E-state index contributed by atoms with van der Waals surface area (Å²) in [7, 11) is -3.66. The molecule has 1 aliphatic heterocycles. The van der Waals surface area contributed by atoms with Crippen molar-refractivity contribution < 1.29 is 13.6 Å². The van der Waals surface area contributed by atoms with Crippen LogP contribution in [0, 0.1) is 0 Å². The zero-order valence-corrected chi connectivity index (χ0v) is 11.8. The summed E-state index contributed by atoms with van der Waals surface area (Å²) in [6.07, 6.45) is 0. The van der Waals surface area contributed by atoms with E-state index in [0.29, 0.717) is 23.4 Å². The van der Waals surface area contributed by atoms with Crippen molar-refractivity contribution in [3.63, 3.8) is 0 Å². The Morgan fingerprint density at radius 1 is 1.19 bits per heavy atom. The fraction of sp³-hybridized carbons (Fsp3) is 0.0714. The molecule has 0 radical (unpaired) electrons. The molecule has 7 heteroatoms. The van der Waals surface area contributed by atoms with E-state index in [1.54, 1.807) is 36.4 Å². The van der Waals surface area contributed by atoms with E-state index in [9.17, 15) is 8.42 Å². The number of oxime groups is 1. The number of fused-ring (bicyclic) bond motifs is 2. The van der Waals surface area contributed by atoms with Crippen LogP contribution in [0.3, 0.4) is 0 Å². The summed E-state index contributed by atoms with van der Waals surface area (Å²) < 4.78 is 25.6. The zero-order valence-electron chi connectivity index (χ0n) is 10.9. The largest absolute Gasteiger partial charge is 0.409 e. The number of nitrogens with one attached hydrogen (secondary N) is 1. The molecule has 0 spiro atoms. The zero-order chi connectivity index (χ0) is 15.0. The molecule has 0 saturated heterocycles. The molecule has 0 aromatic heterocycles. The normalized spacial score (nSPS) is 16.3. The highest BCUT2D eigenvalue weighted by Gasteiger charge is 2.27. The molecular weight excluding hydrogens is 290 g/mol. The van der Waals surface area contributed by atoms with Crippen molar-refractivity contribution in [2.75, 3.05) is 5.32 Å². The van der Waals surface area contributed by atoms with Crippen molar-refractivity contribution in [3.8, 4) is 0 Å². The predicted octanol–water partition coefficient (Wildman–Crippen LogP) is 1.54. The fourth-order valence-corrected chi connectivity index (χ4v) is 4.02. The summed E-state index contributed by atoms with van der Waals surface area (Å²) in [6, 6.07) is 11.5. The van der Waals surface area contributed by atoms with Gasteiger partial charge in [-0.3, -0.25) is 0 Å². The van der Waals surface area contributed by atoms with Crippen LogP contribution in [0.25, 0.3) is 0 Å². The lowest BCUT2D eigenvalue weighted by atomic mass is 10.2. The van der Waals surface area contributed by atoms with E-state index in [4.69, 9.17) is 10.9 Å². The number of benzene rings is 2. The van der Waals surface area contributed by atoms with Gasteiger partial charge in [0.05, 0.1) is 15.5 Å². The van der Waals surface area contributed by atoms with Crippen LogP contribution in [0.4, 0.5) is 5.69 Å². The molecule has 0 amide bonds. The van der Waals surface area contributed by atoms with Crippen LogP contribution in [0.5, 0.6) is 0 Å². The minimum Gasteiger partial charge on any atom is -0.409 e. The van der Waals surface area contributed by atoms with Crippen LogP contribution in [0.1, 0.15) is 11.1 Å². The molecule has 0 atom stereocenters. The van der Waals surface area contributed by atoms with Gasteiger partial charge in [0.1, 0.15) is 0 Å². The number of nitrogens with two attached hydrogens (primary N) is 1. The predicted molar refractivity (Wildman–Crippen MR) is 78.2 cm³/mol. The molecule has 21 heavy (non-hydrogen) atoms. The van der Waals surface area contributed by atoms with Gasteiger partial charge in [-0.05, 0) is 29.8 Å². The summed E-state index contributed by atoms with van der Waals surface area (Å²) in [6.45, 7) is 0.422. The van der Waals surface area contributed by atoms with Crippen molar-refractivity contribution in [1.29, 1.82) is 0 Å². The van der Waals surface area contributed by atoms with Gasteiger partial charge in [-0.15, -0.1) is 0 Å². The molecule has 1 aliphatic rings. The molecule has 2 aromatic carbocycles. The van der Waals surface area contributed by atoms with E-state index in [1.165, 1.54) is 6.07 Å². The molecular formula is C14H13N3O3S. The highest BCUT2D eigenvalue weighted by atomic mass is 32.2. The van der Waals surface area contributed by atoms with Crippen LogP contribution in [0.2, 0.25) is 0 Å². The molecule has 0 fully saturated rings. The molecule has 0 aliphatic carbocycles. The second-order valence-corrected chi connectivity index (χ2v) is 6.55. The van der Waals surface area contributed by atoms with Gasteiger partial charge >= 0.3 is 0 Å². The van der Waals surface area contributed by atoms with Gasteiger partial charge in [-0.1, -0.05) is 23.4 Å². The molecule has 0 unspecified atom stereocenters. The van der Waals surface area contributed by atoms with Crippen molar-refractivity contribution in [2.24, 2.45) is 10.9 Å². The fourth-order valence-electron chi connectivity index (χ4n) is 2.33. The Bertz CT molecular complexity index is 844. The lowest BCUT2D eigenvalue weighted by Crippen LogP contribution is -2.14. The van der Waals surface area contributed by atoms with Gasteiger partial charge in [0, 0.05) is 12.1 Å². The number of hydrogen-bond acceptors (Lipinski definition) is 5. The van der Waals surface area contributed by atoms with Crippen LogP contribution in [0.15, 0.2) is 57.4 Å². The van der Waals surface area contributed by atoms with E-state index in [0.717, 1.165) is 0 Å². The maximum Gasteiger partial charge on any atom is 0.208 e. The quantitative estimate of drug-likeness (QED) is 0.321. The number of nitrogens with zero attached hydrogens (tertiary/aromatic N) is 1. The summed E-state index contributed by atoms with van der Waals surface area (Å²) in [5, 5.41) is 14.7. The molecule has 4 N–H and O–H groups in total. The molecule has 6 nitrogen and oxygen atoms in total. The van der Waals surface area contributed by atoms with E-state index in [2.05, 4.69) is 10.5 Å². The van der Waals surface area contributed by atoms with E-state index >= 15 is 0 Å². The Hall–Kier alpha value is -2.54. The molecule has 1 heterocycles. The van der Waals surface area contributed by atoms with Crippen LogP contribution < -0.4 is 11.1 Å². The van der Waals surface area contributed by atoms with Crippen molar-refractivity contribution in [3.05, 3.63) is 53.6 Å². The van der Waals surface area contributed by atoms with Crippen molar-refractivity contribution in [1.82, 2.24) is 0 Å². The molecule has 108 valence electrons. The second-order valence-electron chi connectivity index (χ2n) is 4.66. The van der Waals surface area contributed by atoms with Crippen molar-refractivity contribution in [2.45, 2.75) is 16.3 Å². The van der Waals surface area contributed by atoms with E-state index < -0.39 is 9.84 Å². The topological polar surface area (TPSA) is 105 Å². The standard InChI is InChI=1S/C14H13N3O3S/c15-14(17-18)9-5-6-11-13(7-9)21(19,20)12-4-2-1-3-10(12)8-16-11/h1-7,16,18H,8H2,(H2,15,17). The first-order valence-electron chi connectivity index (χ1n) is 6.23. The Morgan fingerprint density at radius 2 is 1.95 bits per heavy atom. The summed E-state index contributed by atoms with van der Waals surface area (Å²) in [4.78, 5) is 0.393. The van der Waals surface area contributed by atoms with E-state index in [-0.39, 0.29) is 15.6 Å². The SMILES string of the molecule is N/C(=N\O)c1ccc2c(c1)S(=O)(=O)c1ccccc1CN2. The number of rotatable bonds is 1. The highest BCUT2D eigenvalue weighted by molar-refractivity contribution is 7.91. The minimum atomic E-state index is -3.66. The first kappa shape index (κ1) is 13.4. The molecule has 0 bridgehead atoms. The third-order valence-electron chi connectivity index (χ3n) is 3.41. The second kappa shape index (κ2) is 4.78. The molecule has 3 rings (SSSR count). The number of amidine groups is 1. The van der Waals surface area contributed by atoms with Crippen molar-refractivity contribution >= 4 is 21.4 Å². The van der Waals surface area contributed by atoms with Crippen LogP contribution >= 0.6 is 0 Å². The van der Waals surface area contributed by atoms with Gasteiger partial charge in [0.25, 0.3) is 0 Å². The molecule has 0 saturated carbocycles. The third kappa shape index (κ3) is 2.11. The Morgan fingerprint density at radius 3 is 2.71 bits per heavy atom. The lowest BCUT2D eigenvalue weighted by molar-refractivity contribution is 0.318. The summed E-state index contributed by atoms with van der Waals surface area (Å²) >= 11 is 0. The monoisotopic (exact) mass is 303 g/mol. The van der Waals surface area contributed by atoms with Crippen LogP contribution in [-0.4, -0.2) is 19.5 Å². The number of hydrogen-bond donors (Lipinski definition) is 3. The van der Waals surface area contributed by atoms with Gasteiger partial charge in [0.15, 0.2) is 5.84 Å². The van der Waals surface area contributed by atoms with E-state index in [1.807, 2.05) is 0 Å². The Balaban J connectivity index is 2.27. The Labute approximate surface area is 121 Å². The maximum atomic E-state index is 12.8. The first-order chi connectivity index (χ1) is 10.0. The number of sulfone groups is 1. The smallest absolute Gasteiger partial charge is 0.208 e. The van der Waals surface area contributed by atoms with Gasteiger partial charge in [0.2, 0.25) is 9.84 Å². The molecule has 2 aromatic rings. The highest BCUT2D eigenvalue weighted by Crippen LogP contribution is 2.33. The summed E-state index contributed by atoms with van der Waals surface area (Å²) in [5.41, 5.74) is 7.09. The third-order valence-corrected chi connectivity index (χ3v) is 5.30. The number of anilines is 1. The lowest BCUT2D eigenvalue weighted by Gasteiger charge is -2.09.